The van der Waals surface area contributed by atoms with Crippen LogP contribution in [0.3, 0.4) is 0 Å². The van der Waals surface area contributed by atoms with Gasteiger partial charge in [-0.05, 0) is 44.0 Å². The Bertz CT molecular complexity index is 1300. The Morgan fingerprint density at radius 2 is 1.79 bits per heavy atom. The molecule has 11 nitrogen and oxygen atoms in total. The molecule has 1 amide bonds. The van der Waals surface area contributed by atoms with E-state index in [2.05, 4.69) is 5.32 Å². The normalized spacial score (nSPS) is 14.7. The van der Waals surface area contributed by atoms with E-state index < -0.39 is 36.4 Å². The Hall–Kier alpha value is -3.03. The molecule has 0 spiro atoms. The summed E-state index contributed by atoms with van der Waals surface area (Å²) in [6, 6.07) is 6.93. The van der Waals surface area contributed by atoms with Crippen LogP contribution in [0.5, 0.6) is 5.75 Å². The number of carbonyl (C=O) groups is 1. The van der Waals surface area contributed by atoms with Crippen LogP contribution in [0, 0.1) is 10.1 Å². The first-order chi connectivity index (χ1) is 15.4. The van der Waals surface area contributed by atoms with Crippen molar-refractivity contribution in [2.24, 2.45) is 0 Å². The molecule has 1 aliphatic rings. The number of hydrogen-bond donors (Lipinski definition) is 1. The lowest BCUT2D eigenvalue weighted by Crippen LogP contribution is -2.28. The number of carbonyl (C=O) groups excluding carboxylic acids is 1. The molecule has 0 atom stereocenters. The molecule has 1 fully saturated rings. The largest absolute Gasteiger partial charge is 0.492 e. The molecule has 2 aromatic carbocycles. The number of hydrogen-bond acceptors (Lipinski definition) is 8. The van der Waals surface area contributed by atoms with E-state index in [1.165, 1.54) is 22.5 Å². The quantitative estimate of drug-likeness (QED) is 0.431. The lowest BCUT2D eigenvalue weighted by atomic mass is 10.2. The Kier molecular flexibility index (Phi) is 7.05. The zero-order chi connectivity index (χ0) is 24.4. The van der Waals surface area contributed by atoms with Crippen LogP contribution >= 0.6 is 0 Å². The van der Waals surface area contributed by atoms with Gasteiger partial charge in [-0.2, -0.15) is 4.31 Å². The molecule has 33 heavy (non-hydrogen) atoms. The van der Waals surface area contributed by atoms with Crippen molar-refractivity contribution in [2.75, 3.05) is 31.3 Å². The average Bonchev–Trinajstić information content (AvgIpc) is 3.30. The maximum Gasteiger partial charge on any atom is 0.271 e. The third kappa shape index (κ3) is 5.49. The third-order valence-corrected chi connectivity index (χ3v) is 7.99. The molecule has 0 radical (unpaired) electrons. The van der Waals surface area contributed by atoms with Gasteiger partial charge in [0.15, 0.2) is 9.84 Å². The number of ether oxygens (including phenoxy) is 1. The van der Waals surface area contributed by atoms with Crippen molar-refractivity contribution in [1.29, 1.82) is 0 Å². The van der Waals surface area contributed by atoms with Crippen molar-refractivity contribution in [3.05, 3.63) is 52.1 Å². The van der Waals surface area contributed by atoms with Crippen LogP contribution in [0.1, 0.15) is 30.1 Å². The lowest BCUT2D eigenvalue weighted by Gasteiger charge is -2.19. The first-order valence-electron chi connectivity index (χ1n) is 10.0. The first kappa shape index (κ1) is 24.6. The van der Waals surface area contributed by atoms with E-state index in [1.54, 1.807) is 6.92 Å². The van der Waals surface area contributed by atoms with Crippen LogP contribution < -0.4 is 10.1 Å². The van der Waals surface area contributed by atoms with Crippen LogP contribution in [-0.4, -0.2) is 57.9 Å². The maximum absolute atomic E-state index is 13.1. The molecule has 13 heteroatoms. The number of nitrogens with zero attached hydrogens (tertiary/aromatic N) is 2. The predicted octanol–water partition coefficient (Wildman–Crippen LogP) is 2.43. The molecule has 178 valence electrons. The molecule has 0 aromatic heterocycles. The smallest absolute Gasteiger partial charge is 0.271 e. The number of nitrogens with one attached hydrogen (secondary N) is 1. The van der Waals surface area contributed by atoms with Gasteiger partial charge in [0.1, 0.15) is 10.6 Å². The number of sulfonamides is 1. The Balaban J connectivity index is 1.99. The fourth-order valence-corrected chi connectivity index (χ4v) is 5.72. The maximum atomic E-state index is 13.1. The first-order valence-corrected chi connectivity index (χ1v) is 13.3. The standard InChI is InChI=1S/C20H23N3O8S2/c1-3-31-18-7-6-15(12-19(18)33(29,30)22-8-4-5-9-22)21-20(24)14-10-16(23(25)26)13-17(11-14)32(2,27)28/h6-7,10-13H,3-5,8-9H2,1-2H3,(H,21,24). The van der Waals surface area contributed by atoms with Crippen molar-refractivity contribution >= 4 is 37.1 Å². The van der Waals surface area contributed by atoms with E-state index in [0.29, 0.717) is 13.1 Å². The number of anilines is 1. The minimum Gasteiger partial charge on any atom is -0.492 e. The number of nitro benzene ring substituents is 1. The van der Waals surface area contributed by atoms with Crippen molar-refractivity contribution < 1.29 is 31.3 Å². The second-order valence-electron chi connectivity index (χ2n) is 7.40. The molecule has 0 bridgehead atoms. The number of sulfone groups is 1. The molecule has 2 aromatic rings. The molecule has 0 saturated carbocycles. The van der Waals surface area contributed by atoms with Gasteiger partial charge in [-0.15, -0.1) is 0 Å². The number of amides is 1. The molecule has 1 heterocycles. The van der Waals surface area contributed by atoms with Gasteiger partial charge in [0.2, 0.25) is 10.0 Å². The zero-order valence-electron chi connectivity index (χ0n) is 18.0. The van der Waals surface area contributed by atoms with Crippen LogP contribution in [0.2, 0.25) is 0 Å². The van der Waals surface area contributed by atoms with Crippen LogP contribution in [0.15, 0.2) is 46.2 Å². The van der Waals surface area contributed by atoms with Gasteiger partial charge in [0.05, 0.1) is 16.4 Å². The van der Waals surface area contributed by atoms with Crippen molar-refractivity contribution in [2.45, 2.75) is 29.6 Å². The van der Waals surface area contributed by atoms with E-state index in [9.17, 15) is 31.7 Å². The highest BCUT2D eigenvalue weighted by Crippen LogP contribution is 2.32. The van der Waals surface area contributed by atoms with E-state index in [-0.39, 0.29) is 33.4 Å². The highest BCUT2D eigenvalue weighted by atomic mass is 32.2. The Morgan fingerprint density at radius 3 is 2.36 bits per heavy atom. The predicted molar refractivity (Wildman–Crippen MR) is 120 cm³/mol. The minimum absolute atomic E-state index is 0.105. The summed E-state index contributed by atoms with van der Waals surface area (Å²) in [5, 5.41) is 13.7. The van der Waals surface area contributed by atoms with Crippen LogP contribution in [-0.2, 0) is 19.9 Å². The molecule has 1 N–H and O–H groups in total. The second-order valence-corrected chi connectivity index (χ2v) is 11.3. The zero-order valence-corrected chi connectivity index (χ0v) is 19.6. The topological polar surface area (TPSA) is 153 Å². The number of benzene rings is 2. The highest BCUT2D eigenvalue weighted by Gasteiger charge is 2.30. The monoisotopic (exact) mass is 497 g/mol. The van der Waals surface area contributed by atoms with Gasteiger partial charge in [-0.25, -0.2) is 16.8 Å². The van der Waals surface area contributed by atoms with Crippen molar-refractivity contribution in [1.82, 2.24) is 4.31 Å². The number of rotatable bonds is 8. The number of non-ortho nitro benzene ring substituents is 1. The molecule has 1 saturated heterocycles. The van der Waals surface area contributed by atoms with Gasteiger partial charge < -0.3 is 10.1 Å². The second kappa shape index (κ2) is 9.45. The van der Waals surface area contributed by atoms with Crippen molar-refractivity contribution in [3.63, 3.8) is 0 Å². The summed E-state index contributed by atoms with van der Waals surface area (Å²) in [6.45, 7) is 2.71. The Morgan fingerprint density at radius 1 is 1.12 bits per heavy atom. The molecule has 3 rings (SSSR count). The van der Waals surface area contributed by atoms with Gasteiger partial charge >= 0.3 is 0 Å². The van der Waals surface area contributed by atoms with E-state index in [0.717, 1.165) is 37.3 Å². The summed E-state index contributed by atoms with van der Waals surface area (Å²) < 4.78 is 56.8. The molecule has 0 aliphatic carbocycles. The molecular weight excluding hydrogens is 474 g/mol. The summed E-state index contributed by atoms with van der Waals surface area (Å²) in [7, 11) is -7.69. The lowest BCUT2D eigenvalue weighted by molar-refractivity contribution is -0.385. The average molecular weight is 498 g/mol. The van der Waals surface area contributed by atoms with Crippen molar-refractivity contribution in [3.8, 4) is 5.75 Å². The van der Waals surface area contributed by atoms with Gasteiger partial charge in [0.25, 0.3) is 11.6 Å². The SMILES string of the molecule is CCOc1ccc(NC(=O)c2cc([N+](=O)[O-])cc(S(C)(=O)=O)c2)cc1S(=O)(=O)N1CCCC1. The highest BCUT2D eigenvalue weighted by molar-refractivity contribution is 7.90. The van der Waals surface area contributed by atoms with Gasteiger partial charge in [0, 0.05) is 42.7 Å². The van der Waals surface area contributed by atoms with E-state index in [4.69, 9.17) is 4.74 Å². The fraction of sp³-hybridized carbons (Fsp3) is 0.350. The third-order valence-electron chi connectivity index (χ3n) is 4.98. The number of nitro groups is 1. The Labute approximate surface area is 191 Å². The van der Waals surface area contributed by atoms with E-state index in [1.807, 2.05) is 0 Å². The van der Waals surface area contributed by atoms with Gasteiger partial charge in [-0.1, -0.05) is 0 Å². The van der Waals surface area contributed by atoms with E-state index >= 15 is 0 Å². The summed E-state index contributed by atoms with van der Waals surface area (Å²) in [5.41, 5.74) is -0.719. The van der Waals surface area contributed by atoms with Crippen LogP contribution in [0.4, 0.5) is 11.4 Å². The summed E-state index contributed by atoms with van der Waals surface area (Å²) in [4.78, 5) is 22.7. The summed E-state index contributed by atoms with van der Waals surface area (Å²) in [5.74, 6) is -0.700. The summed E-state index contributed by atoms with van der Waals surface area (Å²) in [6.07, 6.45) is 2.36. The molecular formula is C20H23N3O8S2. The van der Waals surface area contributed by atoms with Crippen LogP contribution in [0.25, 0.3) is 0 Å². The molecule has 0 unspecified atom stereocenters. The summed E-state index contributed by atoms with van der Waals surface area (Å²) >= 11 is 0. The fourth-order valence-electron chi connectivity index (χ4n) is 3.37. The minimum atomic E-state index is -3.87. The van der Waals surface area contributed by atoms with Gasteiger partial charge in [-0.3, -0.25) is 14.9 Å². The molecule has 1 aliphatic heterocycles.